The van der Waals surface area contributed by atoms with Gasteiger partial charge in [-0.05, 0) is 45.8 Å². The van der Waals surface area contributed by atoms with Crippen molar-refractivity contribution in [2.24, 2.45) is 0 Å². The summed E-state index contributed by atoms with van der Waals surface area (Å²) in [7, 11) is 6.12. The van der Waals surface area contributed by atoms with Crippen LogP contribution >= 0.6 is 0 Å². The molecule has 1 aromatic carbocycles. The van der Waals surface area contributed by atoms with Crippen LogP contribution < -0.4 is 5.32 Å². The van der Waals surface area contributed by atoms with Gasteiger partial charge in [0.1, 0.15) is 0 Å². The van der Waals surface area contributed by atoms with Crippen LogP contribution in [0, 0.1) is 0 Å². The van der Waals surface area contributed by atoms with Gasteiger partial charge in [-0.25, -0.2) is 0 Å². The number of likely N-dealkylation sites (N-methyl/N-ethyl adjacent to an activating group) is 2. The Balaban J connectivity index is 2.13. The molecular weight excluding hydrogens is 278 g/mol. The first-order chi connectivity index (χ1) is 10.5. The minimum atomic E-state index is 0.0953. The molecule has 0 radical (unpaired) electrons. The number of morpholine rings is 1. The number of hydrogen-bond acceptors (Lipinski definition) is 4. The molecule has 1 aliphatic rings. The Morgan fingerprint density at radius 1 is 1.23 bits per heavy atom. The third kappa shape index (κ3) is 3.85. The van der Waals surface area contributed by atoms with Crippen LogP contribution in [0.3, 0.4) is 0 Å². The number of benzene rings is 1. The Morgan fingerprint density at radius 3 is 2.32 bits per heavy atom. The zero-order valence-electron chi connectivity index (χ0n) is 14.0. The van der Waals surface area contributed by atoms with E-state index in [1.54, 1.807) is 0 Å². The molecule has 1 fully saturated rings. The van der Waals surface area contributed by atoms with E-state index in [2.05, 4.69) is 43.4 Å². The van der Waals surface area contributed by atoms with Crippen molar-refractivity contribution in [3.63, 3.8) is 0 Å². The Bertz CT molecular complexity index is 481. The normalized spacial score (nSPS) is 18.3. The second-order valence-corrected chi connectivity index (χ2v) is 6.01. The van der Waals surface area contributed by atoms with Gasteiger partial charge in [0.2, 0.25) is 0 Å². The quantitative estimate of drug-likeness (QED) is 0.892. The Labute approximate surface area is 133 Å². The van der Waals surface area contributed by atoms with Gasteiger partial charge in [-0.1, -0.05) is 12.1 Å². The van der Waals surface area contributed by atoms with E-state index >= 15 is 0 Å². The fraction of sp³-hybridized carbons (Fsp3) is 0.588. The maximum absolute atomic E-state index is 12.5. The van der Waals surface area contributed by atoms with Crippen molar-refractivity contribution in [1.29, 1.82) is 0 Å². The van der Waals surface area contributed by atoms with Crippen molar-refractivity contribution in [3.05, 3.63) is 35.4 Å². The van der Waals surface area contributed by atoms with Crippen molar-refractivity contribution < 1.29 is 9.53 Å². The van der Waals surface area contributed by atoms with Crippen molar-refractivity contribution in [2.45, 2.75) is 19.0 Å². The molecule has 1 N–H and O–H groups in total. The molecule has 1 amide bonds. The number of rotatable bonds is 5. The van der Waals surface area contributed by atoms with E-state index in [-0.39, 0.29) is 11.9 Å². The maximum Gasteiger partial charge on any atom is 0.254 e. The molecule has 5 heteroatoms. The van der Waals surface area contributed by atoms with E-state index in [0.29, 0.717) is 32.3 Å². The largest absolute Gasteiger partial charge is 0.378 e. The highest BCUT2D eigenvalue weighted by Gasteiger charge is 2.22. The lowest BCUT2D eigenvalue weighted by atomic mass is 9.98. The predicted molar refractivity (Wildman–Crippen MR) is 88.1 cm³/mol. The van der Waals surface area contributed by atoms with Gasteiger partial charge in [0.05, 0.1) is 13.2 Å². The van der Waals surface area contributed by atoms with Crippen molar-refractivity contribution >= 4 is 5.91 Å². The zero-order chi connectivity index (χ0) is 16.1. The van der Waals surface area contributed by atoms with E-state index in [1.165, 1.54) is 5.56 Å². The number of nitrogens with one attached hydrogen (secondary N) is 1. The number of carbonyl (C=O) groups excluding carboxylic acids is 1. The lowest BCUT2D eigenvalue weighted by molar-refractivity contribution is 0.0303. The molecule has 0 bridgehead atoms. The fourth-order valence-corrected chi connectivity index (χ4v) is 2.96. The summed E-state index contributed by atoms with van der Waals surface area (Å²) in [6, 6.07) is 8.60. The van der Waals surface area contributed by atoms with Gasteiger partial charge in [0, 0.05) is 30.7 Å². The van der Waals surface area contributed by atoms with Gasteiger partial charge in [0.25, 0.3) is 5.91 Å². The monoisotopic (exact) mass is 305 g/mol. The highest BCUT2D eigenvalue weighted by molar-refractivity contribution is 5.94. The SMILES string of the molecule is CN[C@@H](C)[C@H](c1ccc(C(=O)N2CCOCC2)cc1)N(C)C. The van der Waals surface area contributed by atoms with E-state index in [1.807, 2.05) is 24.1 Å². The van der Waals surface area contributed by atoms with Crippen molar-refractivity contribution in [2.75, 3.05) is 47.4 Å². The molecule has 0 unspecified atom stereocenters. The lowest BCUT2D eigenvalue weighted by Crippen LogP contribution is -2.40. The number of amides is 1. The van der Waals surface area contributed by atoms with E-state index < -0.39 is 0 Å². The van der Waals surface area contributed by atoms with Crippen LogP contribution in [0.5, 0.6) is 0 Å². The van der Waals surface area contributed by atoms with Gasteiger partial charge in [0.15, 0.2) is 0 Å². The standard InChI is InChI=1S/C17H27N3O2/c1-13(18-2)16(19(3)4)14-5-7-15(8-6-14)17(21)20-9-11-22-12-10-20/h5-8,13,16,18H,9-12H2,1-4H3/t13-,16+/m0/s1. The Hall–Kier alpha value is -1.43. The molecule has 22 heavy (non-hydrogen) atoms. The molecule has 1 aliphatic heterocycles. The molecule has 0 saturated carbocycles. The first-order valence-electron chi connectivity index (χ1n) is 7.85. The van der Waals surface area contributed by atoms with Crippen LogP contribution in [-0.4, -0.2) is 69.2 Å². The Morgan fingerprint density at radius 2 is 1.82 bits per heavy atom. The number of carbonyl (C=O) groups is 1. The second-order valence-electron chi connectivity index (χ2n) is 6.01. The molecule has 0 spiro atoms. The molecule has 2 rings (SSSR count). The van der Waals surface area contributed by atoms with Gasteiger partial charge >= 0.3 is 0 Å². The third-order valence-corrected chi connectivity index (χ3v) is 4.28. The molecule has 5 nitrogen and oxygen atoms in total. The summed E-state index contributed by atoms with van der Waals surface area (Å²) in [6.07, 6.45) is 0. The van der Waals surface area contributed by atoms with Crippen LogP contribution in [0.4, 0.5) is 0 Å². The smallest absolute Gasteiger partial charge is 0.254 e. The average Bonchev–Trinajstić information content (AvgIpc) is 2.55. The van der Waals surface area contributed by atoms with E-state index in [4.69, 9.17) is 4.74 Å². The van der Waals surface area contributed by atoms with Crippen LogP contribution in [0.1, 0.15) is 28.9 Å². The summed E-state index contributed by atoms with van der Waals surface area (Å²) in [5.74, 6) is 0.0953. The number of ether oxygens (including phenoxy) is 1. The maximum atomic E-state index is 12.5. The Kier molecular flexibility index (Phi) is 5.94. The number of hydrogen-bond donors (Lipinski definition) is 1. The van der Waals surface area contributed by atoms with Gasteiger partial charge in [-0.2, -0.15) is 0 Å². The van der Waals surface area contributed by atoms with Crippen molar-refractivity contribution in [1.82, 2.24) is 15.1 Å². The topological polar surface area (TPSA) is 44.8 Å². The minimum Gasteiger partial charge on any atom is -0.378 e. The number of nitrogens with zero attached hydrogens (tertiary/aromatic N) is 2. The molecule has 1 saturated heterocycles. The minimum absolute atomic E-state index is 0.0953. The molecule has 122 valence electrons. The fourth-order valence-electron chi connectivity index (χ4n) is 2.96. The average molecular weight is 305 g/mol. The molecule has 1 heterocycles. The van der Waals surface area contributed by atoms with Gasteiger partial charge in [-0.15, -0.1) is 0 Å². The van der Waals surface area contributed by atoms with Gasteiger partial charge in [-0.3, -0.25) is 4.79 Å². The van der Waals surface area contributed by atoms with Crippen LogP contribution in [0.2, 0.25) is 0 Å². The molecule has 1 aromatic rings. The summed E-state index contributed by atoms with van der Waals surface area (Å²) in [5, 5.41) is 3.30. The lowest BCUT2D eigenvalue weighted by Gasteiger charge is -2.31. The summed E-state index contributed by atoms with van der Waals surface area (Å²) in [5.41, 5.74) is 1.96. The zero-order valence-corrected chi connectivity index (χ0v) is 14.0. The molecular formula is C17H27N3O2. The molecule has 0 aliphatic carbocycles. The van der Waals surface area contributed by atoms with Crippen LogP contribution in [-0.2, 0) is 4.74 Å². The van der Waals surface area contributed by atoms with Gasteiger partial charge < -0.3 is 19.9 Å². The first-order valence-corrected chi connectivity index (χ1v) is 7.85. The third-order valence-electron chi connectivity index (χ3n) is 4.28. The van der Waals surface area contributed by atoms with Crippen LogP contribution in [0.15, 0.2) is 24.3 Å². The van der Waals surface area contributed by atoms with E-state index in [9.17, 15) is 4.79 Å². The summed E-state index contributed by atoms with van der Waals surface area (Å²) in [4.78, 5) is 16.5. The second kappa shape index (κ2) is 7.72. The highest BCUT2D eigenvalue weighted by Crippen LogP contribution is 2.22. The summed E-state index contributed by atoms with van der Waals surface area (Å²) in [6.45, 7) is 4.78. The molecule has 0 aromatic heterocycles. The molecule has 2 atom stereocenters. The van der Waals surface area contributed by atoms with E-state index in [0.717, 1.165) is 5.56 Å². The van der Waals surface area contributed by atoms with Crippen molar-refractivity contribution in [3.8, 4) is 0 Å². The van der Waals surface area contributed by atoms with Crippen LogP contribution in [0.25, 0.3) is 0 Å². The first kappa shape index (κ1) is 16.9. The summed E-state index contributed by atoms with van der Waals surface area (Å²) >= 11 is 0. The summed E-state index contributed by atoms with van der Waals surface area (Å²) < 4.78 is 5.30. The predicted octanol–water partition coefficient (Wildman–Crippen LogP) is 1.37. The highest BCUT2D eigenvalue weighted by atomic mass is 16.5.